The van der Waals surface area contributed by atoms with Crippen molar-refractivity contribution >= 4 is 28.9 Å². The van der Waals surface area contributed by atoms with Crippen LogP contribution in [0.15, 0.2) is 48.5 Å². The second-order valence-electron chi connectivity index (χ2n) is 9.18. The van der Waals surface area contributed by atoms with Crippen molar-refractivity contribution in [2.75, 3.05) is 20.8 Å². The molecule has 0 radical (unpaired) electrons. The van der Waals surface area contributed by atoms with Gasteiger partial charge in [0.25, 0.3) is 0 Å². The lowest BCUT2D eigenvalue weighted by Gasteiger charge is -2.32. The molecule has 8 nitrogen and oxygen atoms in total. The second kappa shape index (κ2) is 11.8. The Bertz CT molecular complexity index is 1210. The van der Waals surface area contributed by atoms with Crippen molar-refractivity contribution in [2.24, 2.45) is 5.92 Å². The van der Waals surface area contributed by atoms with Gasteiger partial charge in [-0.25, -0.2) is 9.78 Å². The number of para-hydroxylation sites is 2. The average Bonchev–Trinajstić information content (AvgIpc) is 3.30. The fraction of sp³-hybridized carbons (Fsp3) is 0.429. The molecule has 1 heterocycles. The summed E-state index contributed by atoms with van der Waals surface area (Å²) in [4.78, 5) is 42.1. The lowest BCUT2D eigenvalue weighted by atomic mass is 9.83. The minimum absolute atomic E-state index is 0.0673. The van der Waals surface area contributed by atoms with Gasteiger partial charge < -0.3 is 19.4 Å². The van der Waals surface area contributed by atoms with Gasteiger partial charge in [0.05, 0.1) is 30.8 Å². The maximum Gasteiger partial charge on any atom is 0.337 e. The van der Waals surface area contributed by atoms with E-state index in [9.17, 15) is 14.4 Å². The van der Waals surface area contributed by atoms with Crippen molar-refractivity contribution in [1.29, 1.82) is 0 Å². The summed E-state index contributed by atoms with van der Waals surface area (Å²) < 4.78 is 11.6. The van der Waals surface area contributed by atoms with Gasteiger partial charge in [-0.1, -0.05) is 43.5 Å². The van der Waals surface area contributed by atoms with Crippen LogP contribution in [0.1, 0.15) is 61.3 Å². The van der Waals surface area contributed by atoms with Crippen molar-refractivity contribution in [3.63, 3.8) is 0 Å². The molecule has 2 aromatic carbocycles. The molecule has 1 aromatic heterocycles. The molecule has 4 rings (SSSR count). The van der Waals surface area contributed by atoms with Crippen molar-refractivity contribution in [1.82, 2.24) is 14.9 Å². The molecular weight excluding hydrogens is 458 g/mol. The van der Waals surface area contributed by atoms with Crippen LogP contribution in [-0.2, 0) is 19.1 Å². The highest BCUT2D eigenvalue weighted by atomic mass is 16.5. The molecule has 1 fully saturated rings. The molecule has 8 heteroatoms. The number of nitrogens with zero attached hydrogens (tertiary/aromatic N) is 2. The van der Waals surface area contributed by atoms with Gasteiger partial charge in [-0.3, -0.25) is 9.59 Å². The van der Waals surface area contributed by atoms with Crippen LogP contribution in [0.4, 0.5) is 0 Å². The van der Waals surface area contributed by atoms with Crippen LogP contribution < -0.4 is 5.32 Å². The first-order valence-electron chi connectivity index (χ1n) is 12.5. The van der Waals surface area contributed by atoms with E-state index in [1.807, 2.05) is 36.4 Å². The highest BCUT2D eigenvalue weighted by molar-refractivity contribution is 5.91. The first kappa shape index (κ1) is 25.4. The fourth-order valence-electron chi connectivity index (χ4n) is 5.05. The van der Waals surface area contributed by atoms with E-state index in [0.717, 1.165) is 42.3 Å². The predicted octanol–water partition coefficient (Wildman–Crippen LogP) is 4.68. The zero-order chi connectivity index (χ0) is 25.5. The van der Waals surface area contributed by atoms with Gasteiger partial charge in [0.1, 0.15) is 11.9 Å². The number of hydrogen-bond acceptors (Lipinski definition) is 6. The molecule has 190 valence electrons. The van der Waals surface area contributed by atoms with Gasteiger partial charge in [0.2, 0.25) is 5.91 Å². The highest BCUT2D eigenvalue weighted by Crippen LogP contribution is 2.38. The number of imidazole rings is 1. The van der Waals surface area contributed by atoms with Crippen LogP contribution in [0, 0.1) is 5.92 Å². The topological polar surface area (TPSA) is 99.5 Å². The lowest BCUT2D eigenvalue weighted by Crippen LogP contribution is -2.38. The Hall–Kier alpha value is -3.68. The van der Waals surface area contributed by atoms with E-state index in [0.29, 0.717) is 24.4 Å². The molecule has 1 amide bonds. The SMILES string of the molecule is COC(=O)CCCNC(=O)C(C1CCCCC1)n1c(-c2ccc(C(=O)OC)cc2)nc2ccccc21. The molecule has 1 unspecified atom stereocenters. The molecule has 36 heavy (non-hydrogen) atoms. The summed E-state index contributed by atoms with van der Waals surface area (Å²) in [5, 5.41) is 3.07. The molecule has 0 saturated heterocycles. The fourth-order valence-corrected chi connectivity index (χ4v) is 5.05. The van der Waals surface area contributed by atoms with E-state index in [1.54, 1.807) is 12.1 Å². The molecule has 1 aliphatic rings. The van der Waals surface area contributed by atoms with Crippen LogP contribution in [0.5, 0.6) is 0 Å². The molecular formula is C28H33N3O5. The van der Waals surface area contributed by atoms with Crippen molar-refractivity contribution < 1.29 is 23.9 Å². The summed E-state index contributed by atoms with van der Waals surface area (Å²) in [6.07, 6.45) is 6.07. The molecule has 1 aliphatic carbocycles. The highest BCUT2D eigenvalue weighted by Gasteiger charge is 2.34. The standard InChI is InChI=1S/C28H33N3O5/c1-35-24(32)13-8-18-29-27(33)25(19-9-4-3-5-10-19)31-23-12-7-6-11-22(23)30-26(31)20-14-16-21(17-15-20)28(34)36-2/h6-7,11-12,14-17,19,25H,3-5,8-10,13,18H2,1-2H3,(H,29,33). The van der Waals surface area contributed by atoms with Crippen molar-refractivity contribution in [2.45, 2.75) is 51.0 Å². The maximum atomic E-state index is 13.7. The largest absolute Gasteiger partial charge is 0.469 e. The Morgan fingerprint density at radius 2 is 1.72 bits per heavy atom. The molecule has 1 N–H and O–H groups in total. The number of carbonyl (C=O) groups is 3. The van der Waals surface area contributed by atoms with Gasteiger partial charge in [-0.2, -0.15) is 0 Å². The number of benzene rings is 2. The minimum atomic E-state index is -0.439. The van der Waals surface area contributed by atoms with Crippen LogP contribution in [0.2, 0.25) is 0 Å². The summed E-state index contributed by atoms with van der Waals surface area (Å²) in [5.74, 6) is 0.105. The third kappa shape index (κ3) is 5.58. The molecule has 0 spiro atoms. The number of nitrogens with one attached hydrogen (secondary N) is 1. The number of amides is 1. The van der Waals surface area contributed by atoms with Gasteiger partial charge in [0.15, 0.2) is 0 Å². The number of methoxy groups -OCH3 is 2. The summed E-state index contributed by atoms with van der Waals surface area (Å²) in [6, 6.07) is 14.5. The van der Waals surface area contributed by atoms with Crippen LogP contribution in [0.3, 0.4) is 0 Å². The first-order valence-corrected chi connectivity index (χ1v) is 12.5. The molecule has 0 bridgehead atoms. The predicted molar refractivity (Wildman–Crippen MR) is 136 cm³/mol. The summed E-state index contributed by atoms with van der Waals surface area (Å²) >= 11 is 0. The van der Waals surface area contributed by atoms with E-state index in [4.69, 9.17) is 14.5 Å². The number of hydrogen-bond donors (Lipinski definition) is 1. The molecule has 3 aromatic rings. The van der Waals surface area contributed by atoms with Gasteiger partial charge in [-0.15, -0.1) is 0 Å². The number of ether oxygens (including phenoxy) is 2. The Balaban J connectivity index is 1.73. The van der Waals surface area contributed by atoms with E-state index >= 15 is 0 Å². The van der Waals surface area contributed by atoms with Gasteiger partial charge in [-0.05, 0) is 49.4 Å². The minimum Gasteiger partial charge on any atom is -0.469 e. The van der Waals surface area contributed by atoms with Crippen molar-refractivity contribution in [3.8, 4) is 11.4 Å². The smallest absolute Gasteiger partial charge is 0.337 e. The van der Waals surface area contributed by atoms with Gasteiger partial charge in [0, 0.05) is 18.5 Å². The van der Waals surface area contributed by atoms with Crippen molar-refractivity contribution in [3.05, 3.63) is 54.1 Å². The van der Waals surface area contributed by atoms with E-state index < -0.39 is 12.0 Å². The van der Waals surface area contributed by atoms with E-state index in [2.05, 4.69) is 9.88 Å². The number of rotatable bonds is 9. The normalized spacial score (nSPS) is 14.8. The zero-order valence-corrected chi connectivity index (χ0v) is 20.9. The van der Waals surface area contributed by atoms with Crippen LogP contribution in [-0.4, -0.2) is 48.2 Å². The Kier molecular flexibility index (Phi) is 8.36. The first-order chi connectivity index (χ1) is 17.5. The van der Waals surface area contributed by atoms with E-state index in [1.165, 1.54) is 20.6 Å². The Morgan fingerprint density at radius 1 is 1.00 bits per heavy atom. The molecule has 1 atom stereocenters. The molecule has 1 saturated carbocycles. The Morgan fingerprint density at radius 3 is 2.42 bits per heavy atom. The summed E-state index contributed by atoms with van der Waals surface area (Å²) in [7, 11) is 2.72. The van der Waals surface area contributed by atoms with E-state index in [-0.39, 0.29) is 24.2 Å². The average molecular weight is 492 g/mol. The third-order valence-corrected chi connectivity index (χ3v) is 6.89. The molecule has 0 aliphatic heterocycles. The third-order valence-electron chi connectivity index (χ3n) is 6.89. The summed E-state index contributed by atoms with van der Waals surface area (Å²) in [5.41, 5.74) is 2.97. The monoisotopic (exact) mass is 491 g/mol. The second-order valence-corrected chi connectivity index (χ2v) is 9.18. The number of carbonyl (C=O) groups excluding carboxylic acids is 3. The maximum absolute atomic E-state index is 13.7. The quantitative estimate of drug-likeness (QED) is 0.345. The lowest BCUT2D eigenvalue weighted by molar-refractivity contribution is -0.140. The number of aromatic nitrogens is 2. The number of esters is 2. The zero-order valence-electron chi connectivity index (χ0n) is 20.9. The van der Waals surface area contributed by atoms with Crippen LogP contribution in [0.25, 0.3) is 22.4 Å². The Labute approximate surface area is 211 Å². The summed E-state index contributed by atoms with van der Waals surface area (Å²) in [6.45, 7) is 0.396. The van der Waals surface area contributed by atoms with Crippen LogP contribution >= 0.6 is 0 Å². The van der Waals surface area contributed by atoms with Gasteiger partial charge >= 0.3 is 11.9 Å². The number of fused-ring (bicyclic) bond motifs is 1.